The number of hydrogen-bond acceptors (Lipinski definition) is 5. The van der Waals surface area contributed by atoms with E-state index in [-0.39, 0.29) is 11.6 Å². The summed E-state index contributed by atoms with van der Waals surface area (Å²) in [6, 6.07) is 8.13. The standard InChI is InChI=1S/C13H11FN4OS/c14-10-4-1-2-5-11(10)19-8-9-20-13-16-12-15-6-3-7-18(12)17-13/h1-7H,8-9H2. The number of ether oxygens (including phenoxy) is 1. The summed E-state index contributed by atoms with van der Waals surface area (Å²) in [4.78, 5) is 8.33. The average molecular weight is 290 g/mol. The predicted molar refractivity (Wildman–Crippen MR) is 73.4 cm³/mol. The number of thioether (sulfide) groups is 1. The fourth-order valence-electron chi connectivity index (χ4n) is 1.62. The number of hydrogen-bond donors (Lipinski definition) is 0. The monoisotopic (exact) mass is 290 g/mol. The molecule has 0 amide bonds. The van der Waals surface area contributed by atoms with Crippen LogP contribution in [0.3, 0.4) is 0 Å². The van der Waals surface area contributed by atoms with E-state index in [0.29, 0.717) is 23.3 Å². The van der Waals surface area contributed by atoms with E-state index in [1.165, 1.54) is 17.8 Å². The van der Waals surface area contributed by atoms with E-state index in [4.69, 9.17) is 4.74 Å². The van der Waals surface area contributed by atoms with Crippen LogP contribution in [0, 0.1) is 5.82 Å². The van der Waals surface area contributed by atoms with Gasteiger partial charge < -0.3 is 4.74 Å². The zero-order valence-electron chi connectivity index (χ0n) is 10.4. The molecule has 0 saturated heterocycles. The quantitative estimate of drug-likeness (QED) is 0.533. The third-order valence-corrected chi connectivity index (χ3v) is 3.31. The van der Waals surface area contributed by atoms with Crippen molar-refractivity contribution in [1.29, 1.82) is 0 Å². The lowest BCUT2D eigenvalue weighted by molar-refractivity contribution is 0.325. The van der Waals surface area contributed by atoms with Crippen molar-refractivity contribution in [3.63, 3.8) is 0 Å². The van der Waals surface area contributed by atoms with Crippen molar-refractivity contribution >= 4 is 17.5 Å². The van der Waals surface area contributed by atoms with Gasteiger partial charge in [-0.1, -0.05) is 23.9 Å². The van der Waals surface area contributed by atoms with E-state index in [9.17, 15) is 4.39 Å². The lowest BCUT2D eigenvalue weighted by Crippen LogP contribution is -2.01. The van der Waals surface area contributed by atoms with Crippen molar-refractivity contribution < 1.29 is 9.13 Å². The summed E-state index contributed by atoms with van der Waals surface area (Å²) < 4.78 is 20.3. The molecule has 0 saturated carbocycles. The minimum absolute atomic E-state index is 0.262. The number of nitrogens with zero attached hydrogens (tertiary/aromatic N) is 4. The van der Waals surface area contributed by atoms with Crippen molar-refractivity contribution in [2.45, 2.75) is 5.16 Å². The van der Waals surface area contributed by atoms with Crippen LogP contribution in [0.5, 0.6) is 5.75 Å². The largest absolute Gasteiger partial charge is 0.490 e. The summed E-state index contributed by atoms with van der Waals surface area (Å²) in [6.07, 6.45) is 3.45. The molecule has 0 unspecified atom stereocenters. The zero-order chi connectivity index (χ0) is 13.8. The van der Waals surface area contributed by atoms with Gasteiger partial charge in [0.15, 0.2) is 11.6 Å². The van der Waals surface area contributed by atoms with Gasteiger partial charge in [-0.15, -0.1) is 5.10 Å². The summed E-state index contributed by atoms with van der Waals surface area (Å²) in [5.41, 5.74) is 0. The molecule has 20 heavy (non-hydrogen) atoms. The first-order valence-corrected chi connectivity index (χ1v) is 6.99. The second-order valence-electron chi connectivity index (χ2n) is 3.89. The smallest absolute Gasteiger partial charge is 0.253 e. The van der Waals surface area contributed by atoms with Crippen LogP contribution in [0.15, 0.2) is 47.9 Å². The Labute approximate surface area is 118 Å². The van der Waals surface area contributed by atoms with Gasteiger partial charge in [-0.3, -0.25) is 0 Å². The minimum atomic E-state index is -0.354. The second-order valence-corrected chi connectivity index (χ2v) is 4.95. The Morgan fingerprint density at radius 3 is 3.00 bits per heavy atom. The molecule has 7 heteroatoms. The molecule has 0 aliphatic heterocycles. The molecule has 0 spiro atoms. The van der Waals surface area contributed by atoms with Crippen LogP contribution in [0.25, 0.3) is 5.78 Å². The molecule has 2 heterocycles. The Hall–Kier alpha value is -2.15. The van der Waals surface area contributed by atoms with Crippen molar-refractivity contribution in [2.75, 3.05) is 12.4 Å². The summed E-state index contributed by atoms with van der Waals surface area (Å²) in [5, 5.41) is 4.88. The molecule has 0 radical (unpaired) electrons. The van der Waals surface area contributed by atoms with Gasteiger partial charge in [0.1, 0.15) is 0 Å². The molecule has 1 aromatic carbocycles. The van der Waals surface area contributed by atoms with Crippen LogP contribution < -0.4 is 4.74 Å². The van der Waals surface area contributed by atoms with E-state index in [2.05, 4.69) is 15.1 Å². The maximum Gasteiger partial charge on any atom is 0.253 e. The Morgan fingerprint density at radius 1 is 1.25 bits per heavy atom. The molecular weight excluding hydrogens is 279 g/mol. The van der Waals surface area contributed by atoms with Crippen LogP contribution >= 0.6 is 11.8 Å². The summed E-state index contributed by atoms with van der Waals surface area (Å²) >= 11 is 1.44. The first-order chi connectivity index (χ1) is 9.83. The molecule has 0 aliphatic carbocycles. The fraction of sp³-hybridized carbons (Fsp3) is 0.154. The van der Waals surface area contributed by atoms with Crippen LogP contribution in [0.4, 0.5) is 4.39 Å². The first-order valence-electron chi connectivity index (χ1n) is 6.00. The molecule has 0 aliphatic rings. The number of benzene rings is 1. The Kier molecular flexibility index (Phi) is 3.78. The molecular formula is C13H11FN4OS. The third kappa shape index (κ3) is 2.88. The van der Waals surface area contributed by atoms with Gasteiger partial charge in [0, 0.05) is 18.1 Å². The van der Waals surface area contributed by atoms with Gasteiger partial charge in [0.05, 0.1) is 6.61 Å². The van der Waals surface area contributed by atoms with Gasteiger partial charge in [-0.25, -0.2) is 13.9 Å². The van der Waals surface area contributed by atoms with Crippen molar-refractivity contribution in [1.82, 2.24) is 19.6 Å². The lowest BCUT2D eigenvalue weighted by Gasteiger charge is -2.05. The first kappa shape index (κ1) is 12.9. The highest BCUT2D eigenvalue weighted by Gasteiger charge is 2.05. The Bertz CT molecular complexity index is 685. The van der Waals surface area contributed by atoms with Crippen molar-refractivity contribution in [2.24, 2.45) is 0 Å². The van der Waals surface area contributed by atoms with E-state index in [0.717, 1.165) is 0 Å². The lowest BCUT2D eigenvalue weighted by atomic mass is 10.3. The maximum absolute atomic E-state index is 13.3. The van der Waals surface area contributed by atoms with Gasteiger partial charge in [-0.2, -0.15) is 4.98 Å². The van der Waals surface area contributed by atoms with Crippen LogP contribution in [-0.4, -0.2) is 31.9 Å². The van der Waals surface area contributed by atoms with E-state index < -0.39 is 0 Å². The summed E-state index contributed by atoms with van der Waals surface area (Å²) in [5.74, 6) is 1.10. The number of aromatic nitrogens is 4. The molecule has 0 fully saturated rings. The molecule has 0 N–H and O–H groups in total. The predicted octanol–water partition coefficient (Wildman–Crippen LogP) is 2.43. The molecule has 0 bridgehead atoms. The van der Waals surface area contributed by atoms with Crippen molar-refractivity contribution in [3.05, 3.63) is 48.5 Å². The minimum Gasteiger partial charge on any atom is -0.490 e. The molecule has 3 rings (SSSR count). The highest BCUT2D eigenvalue weighted by molar-refractivity contribution is 7.99. The Balaban J connectivity index is 1.54. The topological polar surface area (TPSA) is 52.3 Å². The molecule has 102 valence electrons. The van der Waals surface area contributed by atoms with E-state index in [1.54, 1.807) is 41.2 Å². The van der Waals surface area contributed by atoms with Gasteiger partial charge >= 0.3 is 0 Å². The second kappa shape index (κ2) is 5.87. The highest BCUT2D eigenvalue weighted by Crippen LogP contribution is 2.17. The SMILES string of the molecule is Fc1ccccc1OCCSc1nc2ncccn2n1. The normalized spacial score (nSPS) is 10.8. The summed E-state index contributed by atoms with van der Waals surface area (Å²) in [7, 11) is 0. The molecule has 3 aromatic rings. The molecule has 5 nitrogen and oxygen atoms in total. The number of rotatable bonds is 5. The highest BCUT2D eigenvalue weighted by atomic mass is 32.2. The van der Waals surface area contributed by atoms with Gasteiger partial charge in [0.2, 0.25) is 5.16 Å². The fourth-order valence-corrected chi connectivity index (χ4v) is 2.26. The number of para-hydroxylation sites is 1. The Morgan fingerprint density at radius 2 is 2.15 bits per heavy atom. The third-order valence-electron chi connectivity index (χ3n) is 2.51. The van der Waals surface area contributed by atoms with Gasteiger partial charge in [-0.05, 0) is 18.2 Å². The van der Waals surface area contributed by atoms with Gasteiger partial charge in [0.25, 0.3) is 5.78 Å². The van der Waals surface area contributed by atoms with Crippen LogP contribution in [0.1, 0.15) is 0 Å². The average Bonchev–Trinajstić information content (AvgIpc) is 2.88. The van der Waals surface area contributed by atoms with Crippen LogP contribution in [-0.2, 0) is 0 Å². The van der Waals surface area contributed by atoms with E-state index in [1.807, 2.05) is 0 Å². The number of halogens is 1. The summed E-state index contributed by atoms with van der Waals surface area (Å²) in [6.45, 7) is 0.384. The van der Waals surface area contributed by atoms with Crippen molar-refractivity contribution in [3.8, 4) is 5.75 Å². The molecule has 0 atom stereocenters. The number of fused-ring (bicyclic) bond motifs is 1. The van der Waals surface area contributed by atoms with E-state index >= 15 is 0 Å². The maximum atomic E-state index is 13.3. The zero-order valence-corrected chi connectivity index (χ0v) is 11.3. The molecule has 2 aromatic heterocycles. The van der Waals surface area contributed by atoms with Crippen LogP contribution in [0.2, 0.25) is 0 Å².